The van der Waals surface area contributed by atoms with Crippen LogP contribution in [0.2, 0.25) is 0 Å². The molecule has 2 aromatic heterocycles. The van der Waals surface area contributed by atoms with Crippen LogP contribution in [-0.4, -0.2) is 21.1 Å². The molecule has 4 aromatic rings. The third-order valence-corrected chi connectivity index (χ3v) is 5.67. The zero-order valence-electron chi connectivity index (χ0n) is 16.4. The highest BCUT2D eigenvalue weighted by Crippen LogP contribution is 2.34. The lowest BCUT2D eigenvalue weighted by atomic mass is 9.95. The number of nitrogens with zero attached hydrogens (tertiary/aromatic N) is 5. The fourth-order valence-corrected chi connectivity index (χ4v) is 4.23. The normalized spacial score (nSPS) is 16.5. The average molecular weight is 397 g/mol. The minimum Gasteiger partial charge on any atom is -0.348 e. The van der Waals surface area contributed by atoms with Gasteiger partial charge >= 0.3 is 0 Å². The van der Waals surface area contributed by atoms with Gasteiger partial charge in [-0.3, -0.25) is 0 Å². The first-order chi connectivity index (χ1) is 14.7. The van der Waals surface area contributed by atoms with Crippen LogP contribution in [0.4, 0.5) is 10.2 Å². The van der Waals surface area contributed by atoms with Gasteiger partial charge in [0.1, 0.15) is 11.6 Å². The van der Waals surface area contributed by atoms with Crippen molar-refractivity contribution in [1.82, 2.24) is 14.6 Å². The summed E-state index contributed by atoms with van der Waals surface area (Å²) in [7, 11) is 0. The van der Waals surface area contributed by atoms with Gasteiger partial charge in [-0.1, -0.05) is 24.3 Å². The van der Waals surface area contributed by atoms with Gasteiger partial charge in [0.15, 0.2) is 5.65 Å². The predicted molar refractivity (Wildman–Crippen MR) is 113 cm³/mol. The van der Waals surface area contributed by atoms with Gasteiger partial charge in [0.05, 0.1) is 29.6 Å². The average Bonchev–Trinajstić information content (AvgIpc) is 3.22. The van der Waals surface area contributed by atoms with E-state index >= 15 is 0 Å². The quantitative estimate of drug-likeness (QED) is 0.480. The summed E-state index contributed by atoms with van der Waals surface area (Å²) < 4.78 is 15.7. The van der Waals surface area contributed by atoms with Crippen molar-refractivity contribution in [3.63, 3.8) is 0 Å². The molecule has 30 heavy (non-hydrogen) atoms. The number of hydrogen-bond acceptors (Lipinski definition) is 4. The molecule has 0 amide bonds. The van der Waals surface area contributed by atoms with Crippen molar-refractivity contribution in [2.45, 2.75) is 25.3 Å². The molecule has 1 saturated heterocycles. The molecule has 0 bridgehead atoms. The van der Waals surface area contributed by atoms with Crippen LogP contribution in [0.3, 0.4) is 0 Å². The van der Waals surface area contributed by atoms with Crippen LogP contribution in [0.15, 0.2) is 66.9 Å². The number of benzene rings is 2. The maximum absolute atomic E-state index is 13.9. The highest BCUT2D eigenvalue weighted by molar-refractivity contribution is 5.65. The van der Waals surface area contributed by atoms with E-state index in [1.165, 1.54) is 6.07 Å². The summed E-state index contributed by atoms with van der Waals surface area (Å²) in [5.74, 6) is 0.628. The lowest BCUT2D eigenvalue weighted by molar-refractivity contribution is 0.465. The molecule has 0 spiro atoms. The van der Waals surface area contributed by atoms with Gasteiger partial charge in [-0.2, -0.15) is 5.26 Å². The second kappa shape index (κ2) is 7.60. The van der Waals surface area contributed by atoms with Crippen LogP contribution >= 0.6 is 0 Å². The van der Waals surface area contributed by atoms with Gasteiger partial charge in [0.25, 0.3) is 0 Å². The number of fused-ring (bicyclic) bond motifs is 1. The minimum atomic E-state index is -0.212. The van der Waals surface area contributed by atoms with Crippen LogP contribution in [0.1, 0.15) is 36.4 Å². The van der Waals surface area contributed by atoms with Crippen molar-refractivity contribution in [2.24, 2.45) is 0 Å². The van der Waals surface area contributed by atoms with E-state index in [4.69, 9.17) is 5.10 Å². The lowest BCUT2D eigenvalue weighted by Crippen LogP contribution is -2.34. The third kappa shape index (κ3) is 3.29. The van der Waals surface area contributed by atoms with Gasteiger partial charge in [-0.25, -0.2) is 13.9 Å². The molecule has 1 aliphatic heterocycles. The fourth-order valence-electron chi connectivity index (χ4n) is 4.23. The molecule has 1 fully saturated rings. The summed E-state index contributed by atoms with van der Waals surface area (Å²) in [6, 6.07) is 20.5. The van der Waals surface area contributed by atoms with Crippen molar-refractivity contribution in [2.75, 3.05) is 11.4 Å². The summed E-state index contributed by atoms with van der Waals surface area (Å²) in [6.07, 6.45) is 4.93. The molecular weight excluding hydrogens is 377 g/mol. The summed E-state index contributed by atoms with van der Waals surface area (Å²) in [6.45, 7) is 0.869. The molecule has 1 atom stereocenters. The molecule has 0 N–H and O–H groups in total. The van der Waals surface area contributed by atoms with Gasteiger partial charge in [0.2, 0.25) is 0 Å². The van der Waals surface area contributed by atoms with Crippen molar-refractivity contribution in [1.29, 1.82) is 5.26 Å². The molecule has 1 aliphatic rings. The molecule has 5 rings (SSSR count). The zero-order valence-corrected chi connectivity index (χ0v) is 16.4. The lowest BCUT2D eigenvalue weighted by Gasteiger charge is -2.37. The Morgan fingerprint density at radius 1 is 1.03 bits per heavy atom. The van der Waals surface area contributed by atoms with Gasteiger partial charge < -0.3 is 4.90 Å². The van der Waals surface area contributed by atoms with Crippen molar-refractivity contribution in [3.8, 4) is 17.3 Å². The van der Waals surface area contributed by atoms with Crippen molar-refractivity contribution in [3.05, 3.63) is 83.8 Å². The van der Waals surface area contributed by atoms with E-state index in [1.54, 1.807) is 24.4 Å². The Hall–Kier alpha value is -3.72. The Morgan fingerprint density at radius 3 is 2.80 bits per heavy atom. The molecule has 0 aliphatic carbocycles. The number of anilines is 1. The molecule has 3 heterocycles. The Kier molecular flexibility index (Phi) is 4.64. The molecule has 0 unspecified atom stereocenters. The van der Waals surface area contributed by atoms with Gasteiger partial charge in [0, 0.05) is 12.1 Å². The van der Waals surface area contributed by atoms with Crippen LogP contribution in [-0.2, 0) is 0 Å². The Bertz CT molecular complexity index is 1260. The number of nitriles is 1. The summed E-state index contributed by atoms with van der Waals surface area (Å²) in [5.41, 5.74) is 4.05. The largest absolute Gasteiger partial charge is 0.348 e. The van der Waals surface area contributed by atoms with E-state index in [2.05, 4.69) is 16.0 Å². The number of hydrogen-bond donors (Lipinski definition) is 0. The monoisotopic (exact) mass is 397 g/mol. The SMILES string of the molecule is N#Cc1cccc(-c2cnc3ccc(N4CCCC[C@@H]4c4cccc(F)c4)nn23)c1. The summed E-state index contributed by atoms with van der Waals surface area (Å²) >= 11 is 0. The van der Waals surface area contributed by atoms with Gasteiger partial charge in [-0.15, -0.1) is 5.10 Å². The standard InChI is InChI=1S/C24H20FN5/c25-20-8-4-7-19(14-20)21-9-1-2-12-29(21)24-11-10-23-27-16-22(30(23)28-24)18-6-3-5-17(13-18)15-26/h3-8,10-11,13-14,16,21H,1-2,9,12H2/t21-/m1/s1. The Balaban J connectivity index is 1.57. The number of halogens is 1. The van der Waals surface area contributed by atoms with Crippen LogP contribution in [0.25, 0.3) is 16.9 Å². The minimum absolute atomic E-state index is 0.0910. The fraction of sp³-hybridized carbons (Fsp3) is 0.208. The Morgan fingerprint density at radius 2 is 1.93 bits per heavy atom. The summed E-state index contributed by atoms with van der Waals surface area (Å²) in [4.78, 5) is 6.73. The predicted octanol–water partition coefficient (Wildman–Crippen LogP) is 5.14. The maximum Gasteiger partial charge on any atom is 0.154 e. The number of aromatic nitrogens is 3. The zero-order chi connectivity index (χ0) is 20.5. The second-order valence-corrected chi connectivity index (χ2v) is 7.56. The van der Waals surface area contributed by atoms with Crippen LogP contribution in [0, 0.1) is 17.1 Å². The highest BCUT2D eigenvalue weighted by atomic mass is 19.1. The smallest absolute Gasteiger partial charge is 0.154 e. The molecular formula is C24H20FN5. The van der Waals surface area contributed by atoms with Crippen molar-refractivity contribution < 1.29 is 4.39 Å². The first-order valence-electron chi connectivity index (χ1n) is 10.1. The van der Waals surface area contributed by atoms with E-state index in [-0.39, 0.29) is 11.9 Å². The third-order valence-electron chi connectivity index (χ3n) is 5.67. The molecule has 5 nitrogen and oxygen atoms in total. The number of rotatable bonds is 3. The van der Waals surface area contributed by atoms with Gasteiger partial charge in [-0.05, 0) is 61.2 Å². The van der Waals surface area contributed by atoms with E-state index in [1.807, 2.05) is 40.9 Å². The second-order valence-electron chi connectivity index (χ2n) is 7.56. The van der Waals surface area contributed by atoms with Crippen LogP contribution in [0.5, 0.6) is 0 Å². The van der Waals surface area contributed by atoms with E-state index in [9.17, 15) is 9.65 Å². The van der Waals surface area contributed by atoms with E-state index < -0.39 is 0 Å². The first kappa shape index (κ1) is 18.3. The highest BCUT2D eigenvalue weighted by Gasteiger charge is 2.26. The topological polar surface area (TPSA) is 57.2 Å². The molecule has 0 saturated carbocycles. The van der Waals surface area contributed by atoms with Crippen LogP contribution < -0.4 is 4.90 Å². The Labute approximate surface area is 174 Å². The van der Waals surface area contributed by atoms with E-state index in [0.29, 0.717) is 5.56 Å². The van der Waals surface area contributed by atoms with Crippen molar-refractivity contribution >= 4 is 11.5 Å². The molecule has 6 heteroatoms. The maximum atomic E-state index is 13.9. The summed E-state index contributed by atoms with van der Waals surface area (Å²) in [5, 5.41) is 14.1. The first-order valence-corrected chi connectivity index (χ1v) is 10.1. The number of piperidine rings is 1. The molecule has 2 aromatic carbocycles. The molecule has 0 radical (unpaired) electrons. The number of imidazole rings is 1. The van der Waals surface area contributed by atoms with E-state index in [0.717, 1.165) is 54.1 Å². The molecule has 148 valence electrons.